The minimum Gasteiger partial charge on any atom is -0.372 e. The molecule has 2 N–H and O–H groups in total. The van der Waals surface area contributed by atoms with Gasteiger partial charge in [0.05, 0.1) is 5.69 Å². The minimum absolute atomic E-state index is 0. The molecule has 0 spiro atoms. The van der Waals surface area contributed by atoms with Gasteiger partial charge >= 0.3 is 0 Å². The van der Waals surface area contributed by atoms with Crippen LogP contribution < -0.4 is 5.73 Å². The Kier molecular flexibility index (Phi) is 8.41. The maximum absolute atomic E-state index is 6.10. The van der Waals surface area contributed by atoms with Crippen molar-refractivity contribution in [2.45, 2.75) is 45.9 Å². The van der Waals surface area contributed by atoms with Crippen LogP contribution in [0.5, 0.6) is 0 Å². The van der Waals surface area contributed by atoms with Gasteiger partial charge in [-0.1, -0.05) is 0 Å². The van der Waals surface area contributed by atoms with Crippen LogP contribution in [0, 0.1) is 0 Å². The van der Waals surface area contributed by atoms with E-state index in [9.17, 15) is 0 Å². The Balaban J connectivity index is 0.00000264. The minimum atomic E-state index is -0.110. The number of aromatic nitrogens is 1. The van der Waals surface area contributed by atoms with Gasteiger partial charge in [0.25, 0.3) is 0 Å². The first-order valence-electron chi connectivity index (χ1n) is 8.17. The third kappa shape index (κ3) is 7.03. The highest BCUT2D eigenvalue weighted by atomic mass is 35.5. The first-order valence-corrected chi connectivity index (χ1v) is 9.05. The number of thiazole rings is 1. The van der Waals surface area contributed by atoms with E-state index in [1.165, 1.54) is 5.69 Å². The first kappa shape index (κ1) is 20.8. The molecule has 1 aromatic heterocycles. The summed E-state index contributed by atoms with van der Waals surface area (Å²) in [5.74, 6) is 0. The van der Waals surface area contributed by atoms with E-state index in [0.29, 0.717) is 0 Å². The van der Waals surface area contributed by atoms with Crippen LogP contribution in [0.4, 0.5) is 0 Å². The number of halogens is 1. The summed E-state index contributed by atoms with van der Waals surface area (Å²) in [4.78, 5) is 9.65. The van der Waals surface area contributed by atoms with Gasteiger partial charge in [-0.2, -0.15) is 0 Å². The van der Waals surface area contributed by atoms with Crippen LogP contribution in [0.3, 0.4) is 0 Å². The Labute approximate surface area is 150 Å². The maximum Gasteiger partial charge on any atom is 0.122 e. The van der Waals surface area contributed by atoms with Gasteiger partial charge < -0.3 is 10.5 Å². The molecule has 1 unspecified atom stereocenters. The number of nitrogens with zero attached hydrogens (tertiary/aromatic N) is 3. The zero-order valence-corrected chi connectivity index (χ0v) is 16.4. The molecule has 1 fully saturated rings. The van der Waals surface area contributed by atoms with Crippen molar-refractivity contribution < 1.29 is 4.74 Å². The molecule has 23 heavy (non-hydrogen) atoms. The zero-order chi connectivity index (χ0) is 16.2. The van der Waals surface area contributed by atoms with Crippen LogP contribution in [-0.4, -0.2) is 59.7 Å². The third-order valence-corrected chi connectivity index (χ3v) is 4.87. The summed E-state index contributed by atoms with van der Waals surface area (Å²) in [6.45, 7) is 15.3. The smallest absolute Gasteiger partial charge is 0.122 e. The highest BCUT2D eigenvalue weighted by Crippen LogP contribution is 2.22. The fourth-order valence-corrected chi connectivity index (χ4v) is 3.63. The Bertz CT molecular complexity index is 455. The van der Waals surface area contributed by atoms with Crippen LogP contribution in [0.15, 0.2) is 5.38 Å². The molecule has 0 amide bonds. The Morgan fingerprint density at radius 1 is 1.30 bits per heavy atom. The normalized spacial score (nSPS) is 18.7. The lowest BCUT2D eigenvalue weighted by Gasteiger charge is -2.37. The highest BCUT2D eigenvalue weighted by molar-refractivity contribution is 7.09. The number of ether oxygens (including phenoxy) is 1. The van der Waals surface area contributed by atoms with Crippen molar-refractivity contribution in [1.29, 1.82) is 0 Å². The van der Waals surface area contributed by atoms with Crippen molar-refractivity contribution in [3.05, 3.63) is 16.1 Å². The fraction of sp³-hybridized carbons (Fsp3) is 0.812. The topological polar surface area (TPSA) is 54.6 Å². The monoisotopic (exact) mass is 362 g/mol. The van der Waals surface area contributed by atoms with E-state index in [1.54, 1.807) is 11.3 Å². The Morgan fingerprint density at radius 2 is 1.91 bits per heavy atom. The molecular weight excluding hydrogens is 332 g/mol. The molecule has 0 aromatic carbocycles. The van der Waals surface area contributed by atoms with Gasteiger partial charge in [-0.3, -0.25) is 9.80 Å². The lowest BCUT2D eigenvalue weighted by Crippen LogP contribution is -2.52. The molecule has 2 heterocycles. The number of piperazine rings is 1. The molecule has 1 saturated heterocycles. The summed E-state index contributed by atoms with van der Waals surface area (Å²) < 4.78 is 5.61. The van der Waals surface area contributed by atoms with Crippen LogP contribution in [-0.2, 0) is 11.3 Å². The van der Waals surface area contributed by atoms with Crippen LogP contribution in [0.2, 0.25) is 0 Å². The highest BCUT2D eigenvalue weighted by Gasteiger charge is 2.22. The average molecular weight is 363 g/mol. The van der Waals surface area contributed by atoms with Crippen LogP contribution in [0.25, 0.3) is 0 Å². The van der Waals surface area contributed by atoms with Crippen LogP contribution >= 0.6 is 23.7 Å². The summed E-state index contributed by atoms with van der Waals surface area (Å²) in [6.07, 6.45) is 0.104. The predicted octanol–water partition coefficient (Wildman–Crippen LogP) is 2.52. The molecule has 5 nitrogen and oxygen atoms in total. The van der Waals surface area contributed by atoms with Crippen molar-refractivity contribution in [3.63, 3.8) is 0 Å². The van der Waals surface area contributed by atoms with Crippen molar-refractivity contribution in [3.8, 4) is 0 Å². The quantitative estimate of drug-likeness (QED) is 0.807. The van der Waals surface area contributed by atoms with Gasteiger partial charge in [0.2, 0.25) is 0 Å². The molecule has 0 bridgehead atoms. The van der Waals surface area contributed by atoms with E-state index < -0.39 is 0 Å². The van der Waals surface area contributed by atoms with Crippen LogP contribution in [0.1, 0.15) is 44.5 Å². The van der Waals surface area contributed by atoms with E-state index in [0.717, 1.165) is 50.9 Å². The summed E-state index contributed by atoms with van der Waals surface area (Å²) in [7, 11) is 0. The number of hydrogen-bond donors (Lipinski definition) is 1. The van der Waals surface area contributed by atoms with Gasteiger partial charge in [0, 0.05) is 56.8 Å². The standard InChI is InChI=1S/C16H30N4OS.ClH/c1-5-21-13(2)15-18-14(11-22-15)10-19-6-8-20(9-7-19)12-16(3,4)17;/h11,13H,5-10,12,17H2,1-4H3;1H. The molecule has 0 saturated carbocycles. The fourth-order valence-electron chi connectivity index (χ4n) is 2.81. The second-order valence-electron chi connectivity index (χ2n) is 6.82. The molecule has 134 valence electrons. The molecule has 1 aliphatic heterocycles. The molecular formula is C16H31ClN4OS. The summed E-state index contributed by atoms with van der Waals surface area (Å²) in [5, 5.41) is 3.25. The van der Waals surface area contributed by atoms with Gasteiger partial charge in [0.1, 0.15) is 11.1 Å². The van der Waals surface area contributed by atoms with Crippen molar-refractivity contribution in [1.82, 2.24) is 14.8 Å². The van der Waals surface area contributed by atoms with E-state index in [1.807, 2.05) is 6.92 Å². The molecule has 1 atom stereocenters. The second-order valence-corrected chi connectivity index (χ2v) is 7.71. The van der Waals surface area contributed by atoms with Gasteiger partial charge in [-0.15, -0.1) is 23.7 Å². The van der Waals surface area contributed by atoms with Gasteiger partial charge in [-0.25, -0.2) is 4.98 Å². The Hall–Kier alpha value is -0.240. The molecule has 7 heteroatoms. The number of hydrogen-bond acceptors (Lipinski definition) is 6. The van der Waals surface area contributed by atoms with Gasteiger partial charge in [-0.05, 0) is 27.7 Å². The first-order chi connectivity index (χ1) is 10.4. The largest absolute Gasteiger partial charge is 0.372 e. The molecule has 1 aliphatic rings. The van der Waals surface area contributed by atoms with Crippen molar-refractivity contribution in [2.75, 3.05) is 39.3 Å². The maximum atomic E-state index is 6.10. The second kappa shape index (κ2) is 9.30. The molecule has 1 aromatic rings. The van der Waals surface area contributed by atoms with Crippen molar-refractivity contribution >= 4 is 23.7 Å². The molecule has 0 aliphatic carbocycles. The summed E-state index contributed by atoms with van der Waals surface area (Å²) in [5.41, 5.74) is 7.16. The predicted molar refractivity (Wildman–Crippen MR) is 99.4 cm³/mol. The Morgan fingerprint density at radius 3 is 2.48 bits per heavy atom. The summed E-state index contributed by atoms with van der Waals surface area (Å²) >= 11 is 1.70. The lowest BCUT2D eigenvalue weighted by molar-refractivity contribution is 0.0758. The van der Waals surface area contributed by atoms with E-state index >= 15 is 0 Å². The van der Waals surface area contributed by atoms with E-state index in [4.69, 9.17) is 15.5 Å². The van der Waals surface area contributed by atoms with Gasteiger partial charge in [0.15, 0.2) is 0 Å². The number of nitrogens with two attached hydrogens (primary N) is 1. The van der Waals surface area contributed by atoms with E-state index in [2.05, 4.69) is 36.0 Å². The SMILES string of the molecule is CCOC(C)c1nc(CN2CCN(CC(C)(C)N)CC2)cs1.Cl. The average Bonchev–Trinajstić information content (AvgIpc) is 2.88. The van der Waals surface area contributed by atoms with Crippen molar-refractivity contribution in [2.24, 2.45) is 5.73 Å². The number of rotatable bonds is 7. The molecule has 2 rings (SSSR count). The summed E-state index contributed by atoms with van der Waals surface area (Å²) in [6, 6.07) is 0. The molecule has 0 radical (unpaired) electrons. The third-order valence-electron chi connectivity index (χ3n) is 3.82. The lowest BCUT2D eigenvalue weighted by atomic mass is 10.1. The van der Waals surface area contributed by atoms with E-state index in [-0.39, 0.29) is 24.0 Å². The zero-order valence-electron chi connectivity index (χ0n) is 14.7.